The van der Waals surface area contributed by atoms with Gasteiger partial charge in [-0.1, -0.05) is 24.3 Å². The second-order valence-corrected chi connectivity index (χ2v) is 7.25. The number of para-hydroxylation sites is 1. The molecule has 7 nitrogen and oxygen atoms in total. The lowest BCUT2D eigenvalue weighted by Gasteiger charge is -2.29. The summed E-state index contributed by atoms with van der Waals surface area (Å²) in [6.45, 7) is 0.355. The number of carbonyl (C=O) groups excluding carboxylic acids is 3. The molecule has 2 aliphatic heterocycles. The Morgan fingerprint density at radius 2 is 1.83 bits per heavy atom. The highest BCUT2D eigenvalue weighted by Gasteiger charge is 2.39. The Morgan fingerprint density at radius 3 is 2.62 bits per heavy atom. The molecule has 144 valence electrons. The van der Waals surface area contributed by atoms with E-state index in [1.54, 1.807) is 11.0 Å². The number of hydrogen-bond donors (Lipinski definition) is 1. The highest BCUT2D eigenvalue weighted by Crippen LogP contribution is 2.30. The lowest BCUT2D eigenvalue weighted by molar-refractivity contribution is -0.136. The molecular weight excluding hydrogens is 368 g/mol. The fourth-order valence-corrected chi connectivity index (χ4v) is 3.94. The van der Waals surface area contributed by atoms with Crippen molar-refractivity contribution in [1.82, 2.24) is 20.0 Å². The van der Waals surface area contributed by atoms with Gasteiger partial charge < -0.3 is 4.90 Å². The van der Waals surface area contributed by atoms with Gasteiger partial charge in [0.25, 0.3) is 5.91 Å². The maximum Gasteiger partial charge on any atom is 0.255 e. The fourth-order valence-electron chi connectivity index (χ4n) is 3.94. The van der Waals surface area contributed by atoms with Crippen LogP contribution in [0.15, 0.2) is 60.8 Å². The molecule has 5 rings (SSSR count). The molecular formula is C22H18N4O3. The Kier molecular flexibility index (Phi) is 4.01. The van der Waals surface area contributed by atoms with Crippen molar-refractivity contribution in [1.29, 1.82) is 0 Å². The van der Waals surface area contributed by atoms with Gasteiger partial charge >= 0.3 is 0 Å². The maximum atomic E-state index is 12.8. The molecule has 1 unspecified atom stereocenters. The van der Waals surface area contributed by atoms with Gasteiger partial charge in [0.2, 0.25) is 11.8 Å². The molecule has 29 heavy (non-hydrogen) atoms. The molecule has 0 aliphatic carbocycles. The predicted molar refractivity (Wildman–Crippen MR) is 105 cm³/mol. The summed E-state index contributed by atoms with van der Waals surface area (Å²) >= 11 is 0. The number of amides is 3. The first-order chi connectivity index (χ1) is 14.1. The van der Waals surface area contributed by atoms with Crippen LogP contribution in [0.4, 0.5) is 0 Å². The molecule has 1 fully saturated rings. The van der Waals surface area contributed by atoms with E-state index in [9.17, 15) is 14.4 Å². The van der Waals surface area contributed by atoms with Gasteiger partial charge in [0.05, 0.1) is 11.4 Å². The van der Waals surface area contributed by atoms with E-state index < -0.39 is 11.9 Å². The summed E-state index contributed by atoms with van der Waals surface area (Å²) in [6.07, 6.45) is 2.51. The van der Waals surface area contributed by atoms with Gasteiger partial charge in [-0.2, -0.15) is 5.10 Å². The van der Waals surface area contributed by atoms with Crippen LogP contribution in [0.25, 0.3) is 16.9 Å². The van der Waals surface area contributed by atoms with Crippen LogP contribution in [0.2, 0.25) is 0 Å². The average molecular weight is 386 g/mol. The van der Waals surface area contributed by atoms with E-state index >= 15 is 0 Å². The topological polar surface area (TPSA) is 84.3 Å². The maximum absolute atomic E-state index is 12.8. The number of aromatic nitrogens is 2. The van der Waals surface area contributed by atoms with Crippen molar-refractivity contribution in [2.45, 2.75) is 25.4 Å². The Labute approximate surface area is 166 Å². The Hall–Kier alpha value is -3.74. The molecule has 3 heterocycles. The van der Waals surface area contributed by atoms with Gasteiger partial charge in [-0.25, -0.2) is 4.68 Å². The third kappa shape index (κ3) is 3.00. The molecule has 1 saturated heterocycles. The van der Waals surface area contributed by atoms with Crippen LogP contribution in [0.1, 0.15) is 28.8 Å². The smallest absolute Gasteiger partial charge is 0.255 e. The number of imide groups is 1. The lowest BCUT2D eigenvalue weighted by Crippen LogP contribution is -2.52. The van der Waals surface area contributed by atoms with Gasteiger partial charge in [-0.05, 0) is 42.3 Å². The van der Waals surface area contributed by atoms with Gasteiger partial charge in [-0.15, -0.1) is 0 Å². The zero-order valence-electron chi connectivity index (χ0n) is 15.5. The molecule has 1 atom stereocenters. The van der Waals surface area contributed by atoms with Gasteiger partial charge in [0.15, 0.2) is 0 Å². The van der Waals surface area contributed by atoms with E-state index in [2.05, 4.69) is 10.4 Å². The third-order valence-corrected chi connectivity index (χ3v) is 5.43. The number of benzene rings is 2. The summed E-state index contributed by atoms with van der Waals surface area (Å²) in [5.41, 5.74) is 4.16. The van der Waals surface area contributed by atoms with Gasteiger partial charge in [0.1, 0.15) is 6.04 Å². The second-order valence-electron chi connectivity index (χ2n) is 7.25. The minimum absolute atomic E-state index is 0.170. The number of carbonyl (C=O) groups is 3. The van der Waals surface area contributed by atoms with Crippen LogP contribution in [-0.2, 0) is 16.1 Å². The first-order valence-electron chi connectivity index (χ1n) is 9.49. The van der Waals surface area contributed by atoms with Crippen LogP contribution in [0, 0.1) is 0 Å². The molecule has 1 aromatic heterocycles. The summed E-state index contributed by atoms with van der Waals surface area (Å²) < 4.78 is 1.81. The van der Waals surface area contributed by atoms with E-state index in [0.29, 0.717) is 18.5 Å². The molecule has 2 aliphatic rings. The standard InChI is InChI=1S/C22H18N4O3/c27-20-9-8-19(21(28)23-20)25-13-15-12-14(6-7-17(15)22(25)29)18-10-11-26(24-18)16-4-2-1-3-5-16/h1-7,10-12,19H,8-9,13H2,(H,23,27,28). The first kappa shape index (κ1) is 17.4. The molecule has 7 heteroatoms. The highest BCUT2D eigenvalue weighted by atomic mass is 16.2. The predicted octanol–water partition coefficient (Wildman–Crippen LogP) is 2.30. The highest BCUT2D eigenvalue weighted by molar-refractivity contribution is 6.05. The second kappa shape index (κ2) is 6.70. The number of fused-ring (bicyclic) bond motifs is 1. The van der Waals surface area contributed by atoms with E-state index in [4.69, 9.17) is 0 Å². The summed E-state index contributed by atoms with van der Waals surface area (Å²) in [5.74, 6) is -0.855. The Balaban J connectivity index is 1.41. The molecule has 3 amide bonds. The number of nitrogens with one attached hydrogen (secondary N) is 1. The molecule has 1 N–H and O–H groups in total. The summed E-state index contributed by atoms with van der Waals surface area (Å²) in [6, 6.07) is 16.8. The number of rotatable bonds is 3. The Bertz CT molecular complexity index is 1140. The molecule has 0 bridgehead atoms. The van der Waals surface area contributed by atoms with Crippen molar-refractivity contribution in [3.63, 3.8) is 0 Å². The Morgan fingerprint density at radius 1 is 1.00 bits per heavy atom. The van der Waals surface area contributed by atoms with Crippen LogP contribution in [0.3, 0.4) is 0 Å². The number of piperidine rings is 1. The van der Waals surface area contributed by atoms with Crippen LogP contribution < -0.4 is 5.32 Å². The van der Waals surface area contributed by atoms with E-state index in [1.807, 2.05) is 59.4 Å². The first-order valence-corrected chi connectivity index (χ1v) is 9.49. The normalized spacial score (nSPS) is 18.7. The minimum Gasteiger partial charge on any atom is -0.322 e. The average Bonchev–Trinajstić information content (AvgIpc) is 3.34. The van der Waals surface area contributed by atoms with Gasteiger partial charge in [0, 0.05) is 30.3 Å². The van der Waals surface area contributed by atoms with Crippen LogP contribution in [-0.4, -0.2) is 38.4 Å². The van der Waals surface area contributed by atoms with Crippen molar-refractivity contribution < 1.29 is 14.4 Å². The van der Waals surface area contributed by atoms with E-state index in [1.165, 1.54) is 0 Å². The van der Waals surface area contributed by atoms with Crippen molar-refractivity contribution in [2.75, 3.05) is 0 Å². The quantitative estimate of drug-likeness (QED) is 0.700. The zero-order valence-corrected chi connectivity index (χ0v) is 15.5. The van der Waals surface area contributed by atoms with E-state index in [-0.39, 0.29) is 18.2 Å². The summed E-state index contributed by atoms with van der Waals surface area (Å²) in [5, 5.41) is 6.97. The molecule has 2 aromatic carbocycles. The number of nitrogens with zero attached hydrogens (tertiary/aromatic N) is 3. The molecule has 0 spiro atoms. The van der Waals surface area contributed by atoms with Crippen LogP contribution >= 0.6 is 0 Å². The number of hydrogen-bond acceptors (Lipinski definition) is 4. The summed E-state index contributed by atoms with van der Waals surface area (Å²) in [7, 11) is 0. The fraction of sp³-hybridized carbons (Fsp3) is 0.182. The van der Waals surface area contributed by atoms with Crippen molar-refractivity contribution in [3.05, 3.63) is 71.9 Å². The zero-order chi connectivity index (χ0) is 20.0. The molecule has 0 radical (unpaired) electrons. The molecule has 3 aromatic rings. The van der Waals surface area contributed by atoms with Crippen molar-refractivity contribution >= 4 is 17.7 Å². The minimum atomic E-state index is -0.603. The summed E-state index contributed by atoms with van der Waals surface area (Å²) in [4.78, 5) is 37.9. The monoisotopic (exact) mass is 386 g/mol. The largest absolute Gasteiger partial charge is 0.322 e. The van der Waals surface area contributed by atoms with Crippen molar-refractivity contribution in [2.24, 2.45) is 0 Å². The lowest BCUT2D eigenvalue weighted by atomic mass is 10.0. The van der Waals surface area contributed by atoms with Crippen molar-refractivity contribution in [3.8, 4) is 16.9 Å². The van der Waals surface area contributed by atoms with E-state index in [0.717, 1.165) is 22.5 Å². The third-order valence-electron chi connectivity index (χ3n) is 5.43. The SMILES string of the molecule is O=C1CCC(N2Cc3cc(-c4ccn(-c5ccccc5)n4)ccc3C2=O)C(=O)N1. The molecule has 0 saturated carbocycles. The van der Waals surface area contributed by atoms with Crippen LogP contribution in [0.5, 0.6) is 0 Å². The van der Waals surface area contributed by atoms with Gasteiger partial charge in [-0.3, -0.25) is 19.7 Å².